The van der Waals surface area contributed by atoms with Gasteiger partial charge < -0.3 is 5.11 Å². The number of hydrogen-bond acceptors (Lipinski definition) is 4. The summed E-state index contributed by atoms with van der Waals surface area (Å²) in [5, 5.41) is 9.28. The van der Waals surface area contributed by atoms with E-state index in [1.165, 1.54) is 6.92 Å². The molecule has 1 unspecified atom stereocenters. The maximum Gasteiger partial charge on any atom is 0.308 e. The number of rotatable bonds is 7. The lowest BCUT2D eigenvalue weighted by Crippen LogP contribution is -2.34. The number of carboxylic acid groups (broad SMARTS) is 1. The molecule has 2 aromatic rings. The Hall–Kier alpha value is -2.32. The third-order valence-electron chi connectivity index (χ3n) is 3.48. The van der Waals surface area contributed by atoms with Gasteiger partial charge in [-0.25, -0.2) is 17.5 Å². The SMILES string of the molecule is Cc1cc(F)ccc1S(=O)(=O)NCC(Cc1ccccn1)C(=O)O. The summed E-state index contributed by atoms with van der Waals surface area (Å²) in [4.78, 5) is 15.3. The van der Waals surface area contributed by atoms with Crippen LogP contribution >= 0.6 is 0 Å². The van der Waals surface area contributed by atoms with Gasteiger partial charge in [0.25, 0.3) is 0 Å². The minimum Gasteiger partial charge on any atom is -0.481 e. The molecule has 0 bridgehead atoms. The van der Waals surface area contributed by atoms with Crippen molar-refractivity contribution in [2.75, 3.05) is 6.54 Å². The number of halogens is 1. The molecular weight excluding hydrogens is 335 g/mol. The number of hydrogen-bond donors (Lipinski definition) is 2. The minimum atomic E-state index is -3.93. The molecule has 1 aromatic heterocycles. The molecule has 0 radical (unpaired) electrons. The summed E-state index contributed by atoms with van der Waals surface area (Å²) in [7, 11) is -3.93. The molecule has 1 heterocycles. The van der Waals surface area contributed by atoms with Gasteiger partial charge in [-0.3, -0.25) is 9.78 Å². The number of nitrogens with zero attached hydrogens (tertiary/aromatic N) is 1. The Bertz CT molecular complexity index is 825. The summed E-state index contributed by atoms with van der Waals surface area (Å²) in [6.45, 7) is 1.19. The number of carboxylic acids is 1. The van der Waals surface area contributed by atoms with Crippen LogP contribution in [-0.4, -0.2) is 31.0 Å². The average molecular weight is 352 g/mol. The summed E-state index contributed by atoms with van der Waals surface area (Å²) in [5.41, 5.74) is 0.807. The topological polar surface area (TPSA) is 96.4 Å². The first kappa shape index (κ1) is 18.0. The quantitative estimate of drug-likeness (QED) is 0.791. The summed E-state index contributed by atoms with van der Waals surface area (Å²) in [6.07, 6.45) is 1.64. The molecule has 0 saturated carbocycles. The van der Waals surface area contributed by atoms with Gasteiger partial charge in [-0.1, -0.05) is 6.07 Å². The summed E-state index contributed by atoms with van der Waals surface area (Å²) >= 11 is 0. The van der Waals surface area contributed by atoms with Crippen molar-refractivity contribution in [3.05, 3.63) is 59.7 Å². The highest BCUT2D eigenvalue weighted by molar-refractivity contribution is 7.89. The minimum absolute atomic E-state index is 0.0779. The van der Waals surface area contributed by atoms with E-state index in [0.29, 0.717) is 5.69 Å². The van der Waals surface area contributed by atoms with Crippen LogP contribution < -0.4 is 4.72 Å². The first-order chi connectivity index (χ1) is 11.3. The van der Waals surface area contributed by atoms with E-state index in [1.807, 2.05) is 0 Å². The number of aryl methyl sites for hydroxylation is 1. The molecule has 0 spiro atoms. The van der Waals surface area contributed by atoms with Crippen LogP contribution in [-0.2, 0) is 21.2 Å². The Morgan fingerprint density at radius 3 is 2.67 bits per heavy atom. The molecule has 0 aliphatic carbocycles. The highest BCUT2D eigenvalue weighted by Gasteiger charge is 2.23. The second-order valence-electron chi connectivity index (χ2n) is 5.32. The molecule has 2 rings (SSSR count). The van der Waals surface area contributed by atoms with Gasteiger partial charge in [-0.15, -0.1) is 0 Å². The van der Waals surface area contributed by atoms with Crippen molar-refractivity contribution in [1.29, 1.82) is 0 Å². The molecule has 0 amide bonds. The van der Waals surface area contributed by atoms with E-state index in [9.17, 15) is 22.7 Å². The van der Waals surface area contributed by atoms with Gasteiger partial charge >= 0.3 is 5.97 Å². The lowest BCUT2D eigenvalue weighted by Gasteiger charge is -2.14. The Kier molecular flexibility index (Phi) is 5.63. The number of carbonyl (C=O) groups is 1. The van der Waals surface area contributed by atoms with Crippen LogP contribution in [0, 0.1) is 18.7 Å². The first-order valence-electron chi connectivity index (χ1n) is 7.18. The Labute approximate surface area is 139 Å². The zero-order valence-corrected chi connectivity index (χ0v) is 13.8. The molecule has 0 aliphatic rings. The highest BCUT2D eigenvalue weighted by atomic mass is 32.2. The zero-order valence-electron chi connectivity index (χ0n) is 12.9. The number of nitrogens with one attached hydrogen (secondary N) is 1. The van der Waals surface area contributed by atoms with Gasteiger partial charge in [0.2, 0.25) is 10.0 Å². The lowest BCUT2D eigenvalue weighted by atomic mass is 10.0. The molecule has 24 heavy (non-hydrogen) atoms. The fraction of sp³-hybridized carbons (Fsp3) is 0.250. The normalized spacial score (nSPS) is 12.8. The predicted molar refractivity (Wildman–Crippen MR) is 85.4 cm³/mol. The number of aliphatic carboxylic acids is 1. The molecule has 128 valence electrons. The van der Waals surface area contributed by atoms with Gasteiger partial charge in [-0.2, -0.15) is 0 Å². The number of sulfonamides is 1. The third kappa shape index (κ3) is 4.59. The van der Waals surface area contributed by atoms with E-state index in [0.717, 1.165) is 18.2 Å². The maximum atomic E-state index is 13.1. The van der Waals surface area contributed by atoms with Gasteiger partial charge in [0.05, 0.1) is 10.8 Å². The van der Waals surface area contributed by atoms with Crippen molar-refractivity contribution < 1.29 is 22.7 Å². The number of pyridine rings is 1. The van der Waals surface area contributed by atoms with E-state index in [1.54, 1.807) is 24.4 Å². The van der Waals surface area contributed by atoms with Crippen molar-refractivity contribution in [2.45, 2.75) is 18.2 Å². The van der Waals surface area contributed by atoms with Crippen LogP contribution in [0.25, 0.3) is 0 Å². The van der Waals surface area contributed by atoms with Crippen LogP contribution in [0.3, 0.4) is 0 Å². The van der Waals surface area contributed by atoms with Gasteiger partial charge in [0.1, 0.15) is 5.82 Å². The van der Waals surface area contributed by atoms with Crippen molar-refractivity contribution in [3.8, 4) is 0 Å². The fourth-order valence-corrected chi connectivity index (χ4v) is 3.53. The van der Waals surface area contributed by atoms with Crippen molar-refractivity contribution in [1.82, 2.24) is 9.71 Å². The fourth-order valence-electron chi connectivity index (χ4n) is 2.22. The summed E-state index contributed by atoms with van der Waals surface area (Å²) in [6, 6.07) is 8.42. The van der Waals surface area contributed by atoms with Crippen molar-refractivity contribution in [3.63, 3.8) is 0 Å². The molecule has 6 nitrogen and oxygen atoms in total. The van der Waals surface area contributed by atoms with E-state index in [4.69, 9.17) is 0 Å². The number of aromatic nitrogens is 1. The molecule has 1 aromatic carbocycles. The monoisotopic (exact) mass is 352 g/mol. The molecule has 2 N–H and O–H groups in total. The largest absolute Gasteiger partial charge is 0.481 e. The molecule has 0 fully saturated rings. The van der Waals surface area contributed by atoms with Crippen LogP contribution in [0.1, 0.15) is 11.3 Å². The Morgan fingerprint density at radius 1 is 1.33 bits per heavy atom. The van der Waals surface area contributed by atoms with Gasteiger partial charge in [0, 0.05) is 24.9 Å². The smallest absolute Gasteiger partial charge is 0.308 e. The number of benzene rings is 1. The predicted octanol–water partition coefficient (Wildman–Crippen LogP) is 1.75. The van der Waals surface area contributed by atoms with E-state index >= 15 is 0 Å². The summed E-state index contributed by atoms with van der Waals surface area (Å²) < 4.78 is 40.0. The van der Waals surface area contributed by atoms with Crippen LogP contribution in [0.4, 0.5) is 4.39 Å². The Morgan fingerprint density at radius 2 is 2.08 bits per heavy atom. The van der Waals surface area contributed by atoms with Gasteiger partial charge in [0.15, 0.2) is 0 Å². The first-order valence-corrected chi connectivity index (χ1v) is 8.66. The zero-order chi connectivity index (χ0) is 17.7. The molecule has 1 atom stereocenters. The summed E-state index contributed by atoms with van der Waals surface area (Å²) in [5.74, 6) is -2.63. The van der Waals surface area contributed by atoms with E-state index in [-0.39, 0.29) is 23.4 Å². The lowest BCUT2D eigenvalue weighted by molar-refractivity contribution is -0.141. The van der Waals surface area contributed by atoms with E-state index in [2.05, 4.69) is 9.71 Å². The highest BCUT2D eigenvalue weighted by Crippen LogP contribution is 2.16. The Balaban J connectivity index is 2.12. The van der Waals surface area contributed by atoms with Crippen LogP contribution in [0.2, 0.25) is 0 Å². The molecular formula is C16H17FN2O4S. The maximum absolute atomic E-state index is 13.1. The molecule has 0 aliphatic heterocycles. The van der Waals surface area contributed by atoms with Crippen LogP contribution in [0.5, 0.6) is 0 Å². The second kappa shape index (κ2) is 7.50. The van der Waals surface area contributed by atoms with Crippen LogP contribution in [0.15, 0.2) is 47.5 Å². The van der Waals surface area contributed by atoms with Crippen molar-refractivity contribution in [2.24, 2.45) is 5.92 Å². The van der Waals surface area contributed by atoms with Crippen molar-refractivity contribution >= 4 is 16.0 Å². The standard InChI is InChI=1S/C16H17FN2O4S/c1-11-8-13(17)5-6-15(11)24(22,23)19-10-12(16(20)21)9-14-4-2-3-7-18-14/h2-8,12,19H,9-10H2,1H3,(H,20,21). The molecule has 0 saturated heterocycles. The van der Waals surface area contributed by atoms with Gasteiger partial charge in [-0.05, 0) is 42.8 Å². The second-order valence-corrected chi connectivity index (χ2v) is 7.06. The third-order valence-corrected chi connectivity index (χ3v) is 5.06. The van der Waals surface area contributed by atoms with E-state index < -0.39 is 27.7 Å². The average Bonchev–Trinajstić information content (AvgIpc) is 2.51. The molecule has 8 heteroatoms.